The van der Waals surface area contributed by atoms with Gasteiger partial charge in [0.05, 0.1) is 0 Å². The zero-order valence-electron chi connectivity index (χ0n) is 9.23. The van der Waals surface area contributed by atoms with E-state index in [0.29, 0.717) is 0 Å². The van der Waals surface area contributed by atoms with Crippen molar-refractivity contribution in [2.75, 3.05) is 13.1 Å². The predicted molar refractivity (Wildman–Crippen MR) is 61.3 cm³/mol. The topological polar surface area (TPSA) is 12.0 Å². The van der Waals surface area contributed by atoms with E-state index in [2.05, 4.69) is 18.8 Å². The maximum atomic E-state index is 4.31. The highest BCUT2D eigenvalue weighted by molar-refractivity contribution is 5.37. The molecule has 0 aromatic heterocycles. The summed E-state index contributed by atoms with van der Waals surface area (Å²) >= 11 is 0. The molecule has 0 aromatic rings. The van der Waals surface area contributed by atoms with Crippen LogP contribution in [0.2, 0.25) is 0 Å². The minimum absolute atomic E-state index is 0.792. The van der Waals surface area contributed by atoms with Gasteiger partial charge in [0.15, 0.2) is 0 Å². The summed E-state index contributed by atoms with van der Waals surface area (Å²) in [4.78, 5) is 0. The summed E-state index contributed by atoms with van der Waals surface area (Å²) in [5, 5.41) is 3.45. The van der Waals surface area contributed by atoms with E-state index in [1.165, 1.54) is 43.3 Å². The molecule has 1 aliphatic heterocycles. The van der Waals surface area contributed by atoms with E-state index in [-0.39, 0.29) is 0 Å². The lowest BCUT2D eigenvalue weighted by molar-refractivity contribution is 0.615. The van der Waals surface area contributed by atoms with E-state index in [1.54, 1.807) is 5.57 Å². The molecule has 0 amide bonds. The fourth-order valence-corrected chi connectivity index (χ4v) is 2.70. The summed E-state index contributed by atoms with van der Waals surface area (Å²) in [7, 11) is 0. The molecule has 1 nitrogen and oxygen atoms in total. The monoisotopic (exact) mass is 191 g/mol. The van der Waals surface area contributed by atoms with Crippen LogP contribution in [0.15, 0.2) is 23.3 Å². The Kier molecular flexibility index (Phi) is 3.07. The summed E-state index contributed by atoms with van der Waals surface area (Å²) in [5.41, 5.74) is 4.54. The van der Waals surface area contributed by atoms with Crippen molar-refractivity contribution in [3.63, 3.8) is 0 Å². The van der Waals surface area contributed by atoms with Gasteiger partial charge >= 0.3 is 0 Å². The Morgan fingerprint density at radius 1 is 1.36 bits per heavy atom. The van der Waals surface area contributed by atoms with Crippen LogP contribution in [0.1, 0.15) is 39.0 Å². The third-order valence-electron chi connectivity index (χ3n) is 3.73. The van der Waals surface area contributed by atoms with Crippen molar-refractivity contribution < 1.29 is 0 Å². The van der Waals surface area contributed by atoms with Crippen LogP contribution < -0.4 is 5.32 Å². The summed E-state index contributed by atoms with van der Waals surface area (Å²) in [5.74, 6) is 0.792. The molecule has 1 saturated carbocycles. The lowest BCUT2D eigenvalue weighted by Crippen LogP contribution is -2.26. The first-order valence-electron chi connectivity index (χ1n) is 5.87. The van der Waals surface area contributed by atoms with Crippen molar-refractivity contribution in [1.82, 2.24) is 5.32 Å². The highest BCUT2D eigenvalue weighted by atomic mass is 14.9. The molecule has 14 heavy (non-hydrogen) atoms. The molecule has 0 atom stereocenters. The number of hydrogen-bond donors (Lipinski definition) is 1. The molecule has 0 spiro atoms. The van der Waals surface area contributed by atoms with Gasteiger partial charge in [-0.2, -0.15) is 0 Å². The second-order valence-electron chi connectivity index (χ2n) is 4.69. The second kappa shape index (κ2) is 4.31. The van der Waals surface area contributed by atoms with E-state index in [0.717, 1.165) is 19.0 Å². The summed E-state index contributed by atoms with van der Waals surface area (Å²) in [6.45, 7) is 8.79. The third kappa shape index (κ3) is 1.93. The van der Waals surface area contributed by atoms with Crippen molar-refractivity contribution in [2.24, 2.45) is 5.92 Å². The lowest BCUT2D eigenvalue weighted by atomic mass is 9.87. The average Bonchev–Trinajstić information content (AvgIpc) is 2.70. The van der Waals surface area contributed by atoms with Gasteiger partial charge in [-0.05, 0) is 49.8 Å². The first kappa shape index (κ1) is 9.97. The van der Waals surface area contributed by atoms with Crippen LogP contribution in [0.4, 0.5) is 0 Å². The van der Waals surface area contributed by atoms with Gasteiger partial charge in [-0.1, -0.05) is 25.0 Å². The van der Waals surface area contributed by atoms with Gasteiger partial charge in [-0.3, -0.25) is 0 Å². The smallest absolute Gasteiger partial charge is 0.0207 e. The second-order valence-corrected chi connectivity index (χ2v) is 4.69. The molecule has 78 valence electrons. The molecular weight excluding hydrogens is 170 g/mol. The minimum Gasteiger partial charge on any atom is -0.312 e. The van der Waals surface area contributed by atoms with E-state index >= 15 is 0 Å². The number of rotatable bonds is 2. The van der Waals surface area contributed by atoms with Gasteiger partial charge in [-0.25, -0.2) is 0 Å². The van der Waals surface area contributed by atoms with Crippen LogP contribution in [0, 0.1) is 5.92 Å². The summed E-state index contributed by atoms with van der Waals surface area (Å²) < 4.78 is 0. The molecule has 0 bridgehead atoms. The highest BCUT2D eigenvalue weighted by Gasteiger charge is 2.22. The van der Waals surface area contributed by atoms with Crippen LogP contribution in [-0.2, 0) is 0 Å². The van der Waals surface area contributed by atoms with Crippen molar-refractivity contribution in [2.45, 2.75) is 39.0 Å². The largest absolute Gasteiger partial charge is 0.312 e. The summed E-state index contributed by atoms with van der Waals surface area (Å²) in [6, 6.07) is 0. The zero-order valence-corrected chi connectivity index (χ0v) is 9.23. The molecule has 1 heterocycles. The fraction of sp³-hybridized carbons (Fsp3) is 0.692. The molecule has 1 heteroatoms. The number of hydrogen-bond acceptors (Lipinski definition) is 1. The maximum absolute atomic E-state index is 4.31. The zero-order chi connectivity index (χ0) is 9.97. The van der Waals surface area contributed by atoms with Crippen molar-refractivity contribution >= 4 is 0 Å². The first-order chi connectivity index (χ1) is 6.79. The van der Waals surface area contributed by atoms with E-state index in [1.807, 2.05) is 0 Å². The standard InChI is InChI=1S/C13H21N/c1-10-7-8-14-9-13(10)11(2)12-5-3-4-6-12/h12,14H,2-9H2,1H3. The van der Waals surface area contributed by atoms with Gasteiger partial charge in [0.25, 0.3) is 0 Å². The quantitative estimate of drug-likeness (QED) is 0.707. The predicted octanol–water partition coefficient (Wildman–Crippen LogP) is 3.04. The average molecular weight is 191 g/mol. The molecule has 1 N–H and O–H groups in total. The lowest BCUT2D eigenvalue weighted by Gasteiger charge is -2.24. The highest BCUT2D eigenvalue weighted by Crippen LogP contribution is 2.35. The Morgan fingerprint density at radius 2 is 2.07 bits per heavy atom. The molecule has 0 saturated heterocycles. The molecule has 0 radical (unpaired) electrons. The molecular formula is C13H21N. The van der Waals surface area contributed by atoms with Crippen molar-refractivity contribution in [3.8, 4) is 0 Å². The van der Waals surface area contributed by atoms with Gasteiger partial charge < -0.3 is 5.32 Å². The van der Waals surface area contributed by atoms with Gasteiger partial charge in [0.1, 0.15) is 0 Å². The Bertz CT molecular complexity index is 256. The van der Waals surface area contributed by atoms with Gasteiger partial charge in [-0.15, -0.1) is 0 Å². The van der Waals surface area contributed by atoms with Crippen LogP contribution in [0.3, 0.4) is 0 Å². The van der Waals surface area contributed by atoms with E-state index in [4.69, 9.17) is 0 Å². The number of nitrogens with one attached hydrogen (secondary N) is 1. The molecule has 0 unspecified atom stereocenters. The Balaban J connectivity index is 2.09. The van der Waals surface area contributed by atoms with Gasteiger partial charge in [0.2, 0.25) is 0 Å². The van der Waals surface area contributed by atoms with Gasteiger partial charge in [0, 0.05) is 6.54 Å². The Hall–Kier alpha value is -0.560. The van der Waals surface area contributed by atoms with Crippen molar-refractivity contribution in [3.05, 3.63) is 23.3 Å². The molecule has 1 fully saturated rings. The van der Waals surface area contributed by atoms with Crippen molar-refractivity contribution in [1.29, 1.82) is 0 Å². The Labute approximate surface area is 87.3 Å². The van der Waals surface area contributed by atoms with Crippen LogP contribution in [0.25, 0.3) is 0 Å². The summed E-state index contributed by atoms with van der Waals surface area (Å²) in [6.07, 6.45) is 6.76. The molecule has 2 rings (SSSR count). The molecule has 2 aliphatic rings. The Morgan fingerprint density at radius 3 is 2.71 bits per heavy atom. The molecule has 0 aromatic carbocycles. The van der Waals surface area contributed by atoms with Crippen LogP contribution in [0.5, 0.6) is 0 Å². The first-order valence-corrected chi connectivity index (χ1v) is 5.87. The SMILES string of the molecule is C=C(C1=C(C)CCNC1)C1CCCC1. The van der Waals surface area contributed by atoms with E-state index in [9.17, 15) is 0 Å². The maximum Gasteiger partial charge on any atom is 0.0207 e. The van der Waals surface area contributed by atoms with Crippen LogP contribution in [-0.4, -0.2) is 13.1 Å². The fourth-order valence-electron chi connectivity index (χ4n) is 2.70. The normalized spacial score (nSPS) is 24.4. The van der Waals surface area contributed by atoms with E-state index < -0.39 is 0 Å². The third-order valence-corrected chi connectivity index (χ3v) is 3.73. The minimum atomic E-state index is 0.792. The molecule has 1 aliphatic carbocycles. The van der Waals surface area contributed by atoms with Crippen LogP contribution >= 0.6 is 0 Å².